The largest absolute Gasteiger partial charge is 0.324 e. The van der Waals surface area contributed by atoms with Gasteiger partial charge >= 0.3 is 0 Å². The maximum atomic E-state index is 13.0. The Morgan fingerprint density at radius 1 is 1.04 bits per heavy atom. The number of para-hydroxylation sites is 1. The van der Waals surface area contributed by atoms with Crippen molar-refractivity contribution in [3.05, 3.63) is 59.2 Å². The minimum atomic E-state index is -3.63. The fraction of sp³-hybridized carbons (Fsp3) is 0.350. The van der Waals surface area contributed by atoms with Crippen LogP contribution in [-0.4, -0.2) is 26.6 Å². The standard InChI is InChI=1S/C20H26N2O3S/c1-6-18(20(23)21-19-15(3)8-7-9-16(19)4)22(26(5,24)25)17-12-10-14(2)11-13-17/h7-13,18H,6H2,1-5H3,(H,21,23)/t18-/m0/s1. The molecule has 1 atom stereocenters. The van der Waals surface area contributed by atoms with Crippen LogP contribution in [0.5, 0.6) is 0 Å². The summed E-state index contributed by atoms with van der Waals surface area (Å²) in [5.74, 6) is -0.337. The number of rotatable bonds is 6. The van der Waals surface area contributed by atoms with Crippen molar-refractivity contribution >= 4 is 27.3 Å². The van der Waals surface area contributed by atoms with Gasteiger partial charge in [0.25, 0.3) is 0 Å². The van der Waals surface area contributed by atoms with E-state index in [9.17, 15) is 13.2 Å². The number of carbonyl (C=O) groups is 1. The fourth-order valence-electron chi connectivity index (χ4n) is 2.97. The molecule has 0 aliphatic rings. The second-order valence-corrected chi connectivity index (χ2v) is 8.43. The zero-order valence-electron chi connectivity index (χ0n) is 15.9. The normalized spacial score (nSPS) is 12.5. The van der Waals surface area contributed by atoms with Crippen molar-refractivity contribution in [2.75, 3.05) is 15.9 Å². The lowest BCUT2D eigenvalue weighted by atomic mass is 10.1. The number of sulfonamides is 1. The van der Waals surface area contributed by atoms with Crippen molar-refractivity contribution < 1.29 is 13.2 Å². The lowest BCUT2D eigenvalue weighted by Gasteiger charge is -2.30. The van der Waals surface area contributed by atoms with Crippen LogP contribution in [0.2, 0.25) is 0 Å². The van der Waals surface area contributed by atoms with Crippen LogP contribution in [-0.2, 0) is 14.8 Å². The van der Waals surface area contributed by atoms with Gasteiger partial charge in [0.2, 0.25) is 15.9 Å². The molecule has 6 heteroatoms. The maximum Gasteiger partial charge on any atom is 0.248 e. The molecule has 0 aliphatic carbocycles. The number of carbonyl (C=O) groups excluding carboxylic acids is 1. The van der Waals surface area contributed by atoms with E-state index < -0.39 is 16.1 Å². The molecule has 5 nitrogen and oxygen atoms in total. The third-order valence-corrected chi connectivity index (χ3v) is 5.53. The molecule has 0 unspecified atom stereocenters. The first-order valence-electron chi connectivity index (χ1n) is 8.58. The Bertz CT molecular complexity index is 870. The summed E-state index contributed by atoms with van der Waals surface area (Å²) < 4.78 is 26.1. The number of benzene rings is 2. The SMILES string of the molecule is CC[C@@H](C(=O)Nc1c(C)cccc1C)N(c1ccc(C)cc1)S(C)(=O)=O. The van der Waals surface area contributed by atoms with Crippen LogP contribution in [0, 0.1) is 20.8 Å². The van der Waals surface area contributed by atoms with Gasteiger partial charge < -0.3 is 5.32 Å². The quantitative estimate of drug-likeness (QED) is 0.836. The Kier molecular flexibility index (Phi) is 6.08. The van der Waals surface area contributed by atoms with E-state index in [1.807, 2.05) is 51.1 Å². The van der Waals surface area contributed by atoms with Gasteiger partial charge in [-0.3, -0.25) is 9.10 Å². The summed E-state index contributed by atoms with van der Waals surface area (Å²) in [5, 5.41) is 2.92. The summed E-state index contributed by atoms with van der Waals surface area (Å²) in [6.07, 6.45) is 1.49. The van der Waals surface area contributed by atoms with Crippen LogP contribution < -0.4 is 9.62 Å². The van der Waals surface area contributed by atoms with E-state index in [0.717, 1.165) is 28.6 Å². The van der Waals surface area contributed by atoms with Gasteiger partial charge in [0, 0.05) is 5.69 Å². The molecule has 26 heavy (non-hydrogen) atoms. The van der Waals surface area contributed by atoms with Gasteiger partial charge in [0.15, 0.2) is 0 Å². The number of aryl methyl sites for hydroxylation is 3. The van der Waals surface area contributed by atoms with E-state index in [1.165, 1.54) is 4.31 Å². The molecule has 0 bridgehead atoms. The first-order chi connectivity index (χ1) is 12.1. The fourth-order valence-corrected chi connectivity index (χ4v) is 4.18. The first-order valence-corrected chi connectivity index (χ1v) is 10.4. The van der Waals surface area contributed by atoms with Gasteiger partial charge in [-0.25, -0.2) is 8.42 Å². The number of hydrogen-bond donors (Lipinski definition) is 1. The van der Waals surface area contributed by atoms with E-state index in [0.29, 0.717) is 12.1 Å². The van der Waals surface area contributed by atoms with Crippen molar-refractivity contribution in [1.82, 2.24) is 0 Å². The van der Waals surface area contributed by atoms with Gasteiger partial charge in [-0.05, 0) is 50.5 Å². The average Bonchev–Trinajstić information content (AvgIpc) is 2.56. The molecule has 2 rings (SSSR count). The van der Waals surface area contributed by atoms with Crippen LogP contribution in [0.3, 0.4) is 0 Å². The smallest absolute Gasteiger partial charge is 0.248 e. The molecule has 1 N–H and O–H groups in total. The number of nitrogens with zero attached hydrogens (tertiary/aromatic N) is 1. The molecular weight excluding hydrogens is 348 g/mol. The monoisotopic (exact) mass is 374 g/mol. The highest BCUT2D eigenvalue weighted by Gasteiger charge is 2.31. The Morgan fingerprint density at radius 2 is 1.58 bits per heavy atom. The lowest BCUT2D eigenvalue weighted by molar-refractivity contribution is -0.117. The summed E-state index contributed by atoms with van der Waals surface area (Å²) >= 11 is 0. The molecule has 0 aliphatic heterocycles. The van der Waals surface area contributed by atoms with Crippen molar-refractivity contribution in [1.29, 1.82) is 0 Å². The number of nitrogens with one attached hydrogen (secondary N) is 1. The van der Waals surface area contributed by atoms with Gasteiger partial charge in [-0.2, -0.15) is 0 Å². The predicted octanol–water partition coefficient (Wildman–Crippen LogP) is 3.80. The van der Waals surface area contributed by atoms with Crippen LogP contribution in [0.1, 0.15) is 30.0 Å². The molecule has 0 aromatic heterocycles. The minimum absolute atomic E-state index is 0.337. The van der Waals surface area contributed by atoms with Crippen LogP contribution in [0.15, 0.2) is 42.5 Å². The van der Waals surface area contributed by atoms with Crippen LogP contribution in [0.25, 0.3) is 0 Å². The van der Waals surface area contributed by atoms with E-state index in [2.05, 4.69) is 5.32 Å². The Balaban J connectivity index is 2.41. The highest BCUT2D eigenvalue weighted by Crippen LogP contribution is 2.25. The molecular formula is C20H26N2O3S. The number of hydrogen-bond acceptors (Lipinski definition) is 3. The number of amides is 1. The molecule has 2 aromatic rings. The highest BCUT2D eigenvalue weighted by molar-refractivity contribution is 7.92. The second kappa shape index (κ2) is 7.91. The third-order valence-electron chi connectivity index (χ3n) is 4.35. The van der Waals surface area contributed by atoms with Gasteiger partial charge in [-0.1, -0.05) is 42.8 Å². The highest BCUT2D eigenvalue weighted by atomic mass is 32.2. The topological polar surface area (TPSA) is 66.5 Å². The van der Waals surface area contributed by atoms with E-state index in [-0.39, 0.29) is 5.91 Å². The van der Waals surface area contributed by atoms with Crippen molar-refractivity contribution in [2.45, 2.75) is 40.2 Å². The maximum absolute atomic E-state index is 13.0. The first kappa shape index (κ1) is 20.0. The molecule has 0 heterocycles. The Morgan fingerprint density at radius 3 is 2.04 bits per heavy atom. The molecule has 140 valence electrons. The number of anilines is 2. The Hall–Kier alpha value is -2.34. The summed E-state index contributed by atoms with van der Waals surface area (Å²) in [6, 6.07) is 12.1. The minimum Gasteiger partial charge on any atom is -0.324 e. The van der Waals surface area contributed by atoms with Crippen molar-refractivity contribution in [2.24, 2.45) is 0 Å². The second-order valence-electron chi connectivity index (χ2n) is 6.57. The molecule has 1 amide bonds. The summed E-state index contributed by atoms with van der Waals surface area (Å²) in [7, 11) is -3.63. The summed E-state index contributed by atoms with van der Waals surface area (Å²) in [4.78, 5) is 13.0. The molecule has 2 aromatic carbocycles. The zero-order chi connectivity index (χ0) is 19.5. The van der Waals surface area contributed by atoms with Crippen LogP contribution >= 0.6 is 0 Å². The van der Waals surface area contributed by atoms with E-state index >= 15 is 0 Å². The van der Waals surface area contributed by atoms with Crippen molar-refractivity contribution in [3.8, 4) is 0 Å². The average molecular weight is 375 g/mol. The molecule has 0 radical (unpaired) electrons. The van der Waals surface area contributed by atoms with Gasteiger partial charge in [0.1, 0.15) is 6.04 Å². The molecule has 0 fully saturated rings. The molecule has 0 saturated heterocycles. The summed E-state index contributed by atoms with van der Waals surface area (Å²) in [6.45, 7) is 7.57. The molecule has 0 spiro atoms. The van der Waals surface area contributed by atoms with Gasteiger partial charge in [0.05, 0.1) is 11.9 Å². The third kappa shape index (κ3) is 4.43. The van der Waals surface area contributed by atoms with E-state index in [1.54, 1.807) is 19.1 Å². The van der Waals surface area contributed by atoms with Gasteiger partial charge in [-0.15, -0.1) is 0 Å². The lowest BCUT2D eigenvalue weighted by Crippen LogP contribution is -2.47. The van der Waals surface area contributed by atoms with Crippen molar-refractivity contribution in [3.63, 3.8) is 0 Å². The van der Waals surface area contributed by atoms with E-state index in [4.69, 9.17) is 0 Å². The summed E-state index contributed by atoms with van der Waals surface area (Å²) in [5.41, 5.74) is 4.12. The zero-order valence-corrected chi connectivity index (χ0v) is 16.7. The Labute approximate surface area is 156 Å². The van der Waals surface area contributed by atoms with Crippen LogP contribution in [0.4, 0.5) is 11.4 Å². The predicted molar refractivity (Wildman–Crippen MR) is 107 cm³/mol. The molecule has 0 saturated carbocycles.